The highest BCUT2D eigenvalue weighted by Gasteiger charge is 2.16. The van der Waals surface area contributed by atoms with Crippen LogP contribution in [0.3, 0.4) is 0 Å². The summed E-state index contributed by atoms with van der Waals surface area (Å²) >= 11 is 0. The predicted molar refractivity (Wildman–Crippen MR) is 86.8 cm³/mol. The number of nitrogens with zero attached hydrogens (tertiary/aromatic N) is 1. The summed E-state index contributed by atoms with van der Waals surface area (Å²) in [6, 6.07) is 0. The highest BCUT2D eigenvalue weighted by molar-refractivity contribution is 5.76. The van der Waals surface area contributed by atoms with Gasteiger partial charge in [0.2, 0.25) is 5.91 Å². The zero-order chi connectivity index (χ0) is 14.5. The lowest BCUT2D eigenvalue weighted by Gasteiger charge is -2.14. The minimum atomic E-state index is 0.390. The molecule has 0 N–H and O–H groups in total. The summed E-state index contributed by atoms with van der Waals surface area (Å²) in [5.41, 5.74) is 0. The molecule has 1 amide bonds. The molecule has 1 saturated heterocycles. The van der Waals surface area contributed by atoms with Crippen molar-refractivity contribution in [2.45, 2.75) is 84.0 Å². The quantitative estimate of drug-likeness (QED) is 0.381. The number of likely N-dealkylation sites (tertiary alicyclic amines) is 1. The molecule has 0 aromatic carbocycles. The first kappa shape index (κ1) is 17.3. The van der Waals surface area contributed by atoms with Crippen LogP contribution in [0.5, 0.6) is 0 Å². The van der Waals surface area contributed by atoms with E-state index < -0.39 is 0 Å². The first-order valence-electron chi connectivity index (χ1n) is 8.77. The average Bonchev–Trinajstić information content (AvgIpc) is 2.99. The van der Waals surface area contributed by atoms with Crippen molar-refractivity contribution in [1.82, 2.24) is 4.90 Å². The molecule has 0 atom stereocenters. The molecule has 0 spiro atoms. The Hall–Kier alpha value is -0.790. The molecule has 0 radical (unpaired) electrons. The van der Waals surface area contributed by atoms with Crippen LogP contribution in [0.15, 0.2) is 12.2 Å². The Bertz CT molecular complexity index is 267. The maximum atomic E-state index is 11.8. The van der Waals surface area contributed by atoms with E-state index in [1.807, 2.05) is 4.90 Å². The van der Waals surface area contributed by atoms with Crippen molar-refractivity contribution < 1.29 is 4.79 Å². The smallest absolute Gasteiger partial charge is 0.222 e. The Morgan fingerprint density at radius 1 is 0.900 bits per heavy atom. The monoisotopic (exact) mass is 279 g/mol. The van der Waals surface area contributed by atoms with E-state index in [0.717, 1.165) is 25.9 Å². The van der Waals surface area contributed by atoms with Crippen LogP contribution in [0.1, 0.15) is 84.0 Å². The van der Waals surface area contributed by atoms with E-state index in [-0.39, 0.29) is 0 Å². The van der Waals surface area contributed by atoms with Gasteiger partial charge in [0.15, 0.2) is 0 Å². The van der Waals surface area contributed by atoms with Crippen molar-refractivity contribution in [2.75, 3.05) is 13.1 Å². The first-order valence-corrected chi connectivity index (χ1v) is 8.77. The minimum Gasteiger partial charge on any atom is -0.343 e. The molecule has 116 valence electrons. The second kappa shape index (κ2) is 12.0. The van der Waals surface area contributed by atoms with Gasteiger partial charge in [0.25, 0.3) is 0 Å². The first-order chi connectivity index (χ1) is 9.84. The van der Waals surface area contributed by atoms with Crippen molar-refractivity contribution in [3.8, 4) is 0 Å². The van der Waals surface area contributed by atoms with E-state index in [1.54, 1.807) is 0 Å². The van der Waals surface area contributed by atoms with Crippen LogP contribution in [-0.4, -0.2) is 23.9 Å². The van der Waals surface area contributed by atoms with Crippen molar-refractivity contribution in [2.24, 2.45) is 0 Å². The van der Waals surface area contributed by atoms with Crippen molar-refractivity contribution in [1.29, 1.82) is 0 Å². The molecule has 1 fully saturated rings. The molecular weight excluding hydrogens is 246 g/mol. The van der Waals surface area contributed by atoms with Gasteiger partial charge < -0.3 is 4.90 Å². The topological polar surface area (TPSA) is 20.3 Å². The van der Waals surface area contributed by atoms with Crippen LogP contribution in [-0.2, 0) is 4.79 Å². The SMILES string of the molecule is CCCC/C=C/CCCCCCCC(=O)N1CCCC1. The average molecular weight is 279 g/mol. The van der Waals surface area contributed by atoms with Crippen LogP contribution in [0.4, 0.5) is 0 Å². The van der Waals surface area contributed by atoms with Crippen LogP contribution in [0, 0.1) is 0 Å². The Balaban J connectivity index is 1.82. The molecular formula is C18H33NO. The minimum absolute atomic E-state index is 0.390. The summed E-state index contributed by atoms with van der Waals surface area (Å²) in [7, 11) is 0. The molecule has 0 aromatic heterocycles. The van der Waals surface area contributed by atoms with E-state index in [2.05, 4.69) is 19.1 Å². The third kappa shape index (κ3) is 8.39. The number of hydrogen-bond acceptors (Lipinski definition) is 1. The maximum Gasteiger partial charge on any atom is 0.222 e. The molecule has 2 heteroatoms. The van der Waals surface area contributed by atoms with Gasteiger partial charge in [-0.25, -0.2) is 0 Å². The fourth-order valence-corrected chi connectivity index (χ4v) is 2.75. The summed E-state index contributed by atoms with van der Waals surface area (Å²) in [6.45, 7) is 4.24. The fraction of sp³-hybridized carbons (Fsp3) is 0.833. The maximum absolute atomic E-state index is 11.8. The van der Waals surface area contributed by atoms with Gasteiger partial charge >= 0.3 is 0 Å². The third-order valence-electron chi connectivity index (χ3n) is 4.11. The molecule has 0 unspecified atom stereocenters. The second-order valence-corrected chi connectivity index (χ2v) is 6.01. The largest absolute Gasteiger partial charge is 0.343 e. The lowest BCUT2D eigenvalue weighted by Crippen LogP contribution is -2.27. The molecule has 1 aliphatic heterocycles. The Morgan fingerprint density at radius 3 is 2.20 bits per heavy atom. The summed E-state index contributed by atoms with van der Waals surface area (Å²) < 4.78 is 0. The molecule has 1 heterocycles. The number of hydrogen-bond donors (Lipinski definition) is 0. The standard InChI is InChI=1S/C18H33NO/c1-2-3-4-5-6-7-8-9-10-11-12-15-18(20)19-16-13-14-17-19/h5-6H,2-4,7-17H2,1H3/b6-5+. The van der Waals surface area contributed by atoms with Gasteiger partial charge in [-0.15, -0.1) is 0 Å². The lowest BCUT2D eigenvalue weighted by molar-refractivity contribution is -0.130. The Kier molecular flexibility index (Phi) is 10.3. The summed E-state index contributed by atoms with van der Waals surface area (Å²) in [4.78, 5) is 13.9. The van der Waals surface area contributed by atoms with Crippen LogP contribution in [0.2, 0.25) is 0 Å². The van der Waals surface area contributed by atoms with E-state index >= 15 is 0 Å². The molecule has 20 heavy (non-hydrogen) atoms. The number of allylic oxidation sites excluding steroid dienone is 2. The Morgan fingerprint density at radius 2 is 1.50 bits per heavy atom. The number of rotatable bonds is 11. The van der Waals surface area contributed by atoms with E-state index in [4.69, 9.17) is 0 Å². The zero-order valence-electron chi connectivity index (χ0n) is 13.4. The van der Waals surface area contributed by atoms with Gasteiger partial charge in [-0.1, -0.05) is 51.2 Å². The van der Waals surface area contributed by atoms with Gasteiger partial charge in [-0.2, -0.15) is 0 Å². The molecule has 1 rings (SSSR count). The molecule has 2 nitrogen and oxygen atoms in total. The number of unbranched alkanes of at least 4 members (excludes halogenated alkanes) is 7. The van der Waals surface area contributed by atoms with Crippen molar-refractivity contribution in [3.63, 3.8) is 0 Å². The number of carbonyl (C=O) groups excluding carboxylic acids is 1. The van der Waals surface area contributed by atoms with Crippen LogP contribution < -0.4 is 0 Å². The molecule has 0 aliphatic carbocycles. The highest BCUT2D eigenvalue weighted by atomic mass is 16.2. The molecule has 0 aromatic rings. The van der Waals surface area contributed by atoms with Gasteiger partial charge in [0.05, 0.1) is 0 Å². The molecule has 0 bridgehead atoms. The summed E-state index contributed by atoms with van der Waals surface area (Å²) in [6.07, 6.45) is 19.2. The molecule has 1 aliphatic rings. The van der Waals surface area contributed by atoms with Crippen molar-refractivity contribution in [3.05, 3.63) is 12.2 Å². The van der Waals surface area contributed by atoms with Gasteiger partial charge in [-0.3, -0.25) is 4.79 Å². The molecule has 0 saturated carbocycles. The van der Waals surface area contributed by atoms with E-state index in [9.17, 15) is 4.79 Å². The van der Waals surface area contributed by atoms with Crippen LogP contribution >= 0.6 is 0 Å². The van der Waals surface area contributed by atoms with E-state index in [1.165, 1.54) is 64.2 Å². The van der Waals surface area contributed by atoms with E-state index in [0.29, 0.717) is 5.91 Å². The van der Waals surface area contributed by atoms with Gasteiger partial charge in [0.1, 0.15) is 0 Å². The van der Waals surface area contributed by atoms with Gasteiger partial charge in [0, 0.05) is 19.5 Å². The van der Waals surface area contributed by atoms with Crippen molar-refractivity contribution >= 4 is 5.91 Å². The summed E-state index contributed by atoms with van der Waals surface area (Å²) in [5.74, 6) is 0.390. The Labute approximate surface area is 125 Å². The normalized spacial score (nSPS) is 15.3. The van der Waals surface area contributed by atoms with Crippen LogP contribution in [0.25, 0.3) is 0 Å². The second-order valence-electron chi connectivity index (χ2n) is 6.01. The van der Waals surface area contributed by atoms with Gasteiger partial charge in [-0.05, 0) is 38.5 Å². The number of carbonyl (C=O) groups is 1. The number of amides is 1. The fourth-order valence-electron chi connectivity index (χ4n) is 2.75. The predicted octanol–water partition coefficient (Wildman–Crippen LogP) is 5.09. The highest BCUT2D eigenvalue weighted by Crippen LogP contribution is 2.12. The zero-order valence-corrected chi connectivity index (χ0v) is 13.4. The third-order valence-corrected chi connectivity index (χ3v) is 4.11. The summed E-state index contributed by atoms with van der Waals surface area (Å²) in [5, 5.41) is 0. The lowest BCUT2D eigenvalue weighted by atomic mass is 10.1.